The molecule has 0 radical (unpaired) electrons. The maximum absolute atomic E-state index is 12.5. The summed E-state index contributed by atoms with van der Waals surface area (Å²) in [5.41, 5.74) is 1.72. The van der Waals surface area contributed by atoms with Gasteiger partial charge in [0.15, 0.2) is 0 Å². The number of aliphatic hydroxyl groups excluding tert-OH is 1. The number of anilines is 1. The zero-order valence-corrected chi connectivity index (χ0v) is 13.5. The fourth-order valence-corrected chi connectivity index (χ4v) is 3.48. The number of carbonyl (C=O) groups is 1. The topological polar surface area (TPSA) is 58.6 Å². The van der Waals surface area contributed by atoms with Crippen LogP contribution in [0.3, 0.4) is 0 Å². The lowest BCUT2D eigenvalue weighted by atomic mass is 10.1. The second-order valence-corrected chi connectivity index (χ2v) is 6.16. The number of aliphatic hydroxyl groups is 1. The number of rotatable bonds is 5. The Morgan fingerprint density at radius 2 is 1.91 bits per heavy atom. The first kappa shape index (κ1) is 15.5. The second kappa shape index (κ2) is 6.81. The summed E-state index contributed by atoms with van der Waals surface area (Å²) in [5, 5.41) is 12.8. The average molecular weight is 327 g/mol. The number of hydrogen-bond donors (Lipinski definition) is 2. The average Bonchev–Trinajstić information content (AvgIpc) is 2.92. The van der Waals surface area contributed by atoms with E-state index in [1.54, 1.807) is 24.3 Å². The van der Waals surface area contributed by atoms with E-state index in [4.69, 9.17) is 9.84 Å². The van der Waals surface area contributed by atoms with Gasteiger partial charge in [-0.25, -0.2) is 0 Å². The molecular formula is C18H17NO3S. The molecule has 5 heteroatoms. The van der Waals surface area contributed by atoms with Gasteiger partial charge in [-0.05, 0) is 48.2 Å². The highest BCUT2D eigenvalue weighted by Crippen LogP contribution is 2.31. The molecule has 0 fully saturated rings. The number of hydrogen-bond acceptors (Lipinski definition) is 4. The number of ether oxygens (including phenoxy) is 1. The molecule has 2 N–H and O–H groups in total. The Bertz CT molecular complexity index is 824. The minimum atomic E-state index is -0.104. The van der Waals surface area contributed by atoms with Gasteiger partial charge in [0, 0.05) is 10.4 Å². The molecule has 0 aliphatic carbocycles. The first-order valence-corrected chi connectivity index (χ1v) is 8.14. The summed E-state index contributed by atoms with van der Waals surface area (Å²) in [6.45, 7) is 2.20. The van der Waals surface area contributed by atoms with Gasteiger partial charge < -0.3 is 15.2 Å². The smallest absolute Gasteiger partial charge is 0.266 e. The van der Waals surface area contributed by atoms with Crippen molar-refractivity contribution >= 4 is 33.0 Å². The van der Waals surface area contributed by atoms with Crippen LogP contribution in [0.2, 0.25) is 0 Å². The van der Waals surface area contributed by atoms with Crippen molar-refractivity contribution in [1.29, 1.82) is 0 Å². The van der Waals surface area contributed by atoms with Gasteiger partial charge >= 0.3 is 0 Å². The van der Waals surface area contributed by atoms with Crippen molar-refractivity contribution in [1.82, 2.24) is 0 Å². The lowest BCUT2D eigenvalue weighted by Gasteiger charge is -2.07. The Morgan fingerprint density at radius 3 is 2.61 bits per heavy atom. The quantitative estimate of drug-likeness (QED) is 0.749. The van der Waals surface area contributed by atoms with Crippen molar-refractivity contribution in [2.24, 2.45) is 0 Å². The van der Waals surface area contributed by atoms with E-state index in [-0.39, 0.29) is 19.1 Å². The Balaban J connectivity index is 1.76. The van der Waals surface area contributed by atoms with E-state index in [0.717, 1.165) is 20.5 Å². The molecule has 118 valence electrons. The molecule has 1 aromatic heterocycles. The van der Waals surface area contributed by atoms with Gasteiger partial charge in [0.05, 0.1) is 11.5 Å². The number of fused-ring (bicyclic) bond motifs is 1. The highest BCUT2D eigenvalue weighted by molar-refractivity contribution is 7.21. The zero-order valence-electron chi connectivity index (χ0n) is 12.7. The number of carbonyl (C=O) groups excluding carboxylic acids is 1. The molecule has 0 unspecified atom stereocenters. The van der Waals surface area contributed by atoms with Crippen LogP contribution in [0.4, 0.5) is 5.69 Å². The SMILES string of the molecule is Cc1c(C(=O)Nc2ccc(OCCO)cc2)sc2ccccc12. The molecule has 3 rings (SSSR count). The molecule has 2 aromatic carbocycles. The van der Waals surface area contributed by atoms with Crippen molar-refractivity contribution in [3.8, 4) is 5.75 Å². The monoisotopic (exact) mass is 327 g/mol. The van der Waals surface area contributed by atoms with Gasteiger partial charge in [0.25, 0.3) is 5.91 Å². The van der Waals surface area contributed by atoms with Gasteiger partial charge in [-0.15, -0.1) is 11.3 Å². The lowest BCUT2D eigenvalue weighted by Crippen LogP contribution is -2.11. The minimum absolute atomic E-state index is 0.0241. The largest absolute Gasteiger partial charge is 0.491 e. The third-order valence-electron chi connectivity index (χ3n) is 3.52. The molecular weight excluding hydrogens is 310 g/mol. The molecule has 0 aliphatic rings. The number of nitrogens with one attached hydrogen (secondary N) is 1. The number of amides is 1. The number of aryl methyl sites for hydroxylation is 1. The van der Waals surface area contributed by atoms with Crippen LogP contribution in [0.5, 0.6) is 5.75 Å². The van der Waals surface area contributed by atoms with Gasteiger partial charge in [-0.2, -0.15) is 0 Å². The molecule has 0 saturated heterocycles. The van der Waals surface area contributed by atoms with Gasteiger partial charge in [0.2, 0.25) is 0 Å². The van der Waals surface area contributed by atoms with E-state index in [1.165, 1.54) is 11.3 Å². The highest BCUT2D eigenvalue weighted by Gasteiger charge is 2.15. The van der Waals surface area contributed by atoms with Crippen LogP contribution < -0.4 is 10.1 Å². The maximum Gasteiger partial charge on any atom is 0.266 e. The molecule has 3 aromatic rings. The summed E-state index contributed by atoms with van der Waals surface area (Å²) in [7, 11) is 0. The lowest BCUT2D eigenvalue weighted by molar-refractivity contribution is 0.103. The van der Waals surface area contributed by atoms with Gasteiger partial charge in [-0.3, -0.25) is 4.79 Å². The van der Waals surface area contributed by atoms with Crippen LogP contribution >= 0.6 is 11.3 Å². The number of benzene rings is 2. The van der Waals surface area contributed by atoms with Crippen molar-refractivity contribution in [3.63, 3.8) is 0 Å². The Labute approximate surface area is 138 Å². The standard InChI is InChI=1S/C18H17NO3S/c1-12-15-4-2-3-5-16(15)23-17(12)18(21)19-13-6-8-14(9-7-13)22-11-10-20/h2-9,20H,10-11H2,1H3,(H,19,21). The Morgan fingerprint density at radius 1 is 1.17 bits per heavy atom. The molecule has 1 heterocycles. The van der Waals surface area contributed by atoms with Crippen LogP contribution in [0.1, 0.15) is 15.2 Å². The maximum atomic E-state index is 12.5. The molecule has 4 nitrogen and oxygen atoms in total. The van der Waals surface area contributed by atoms with Crippen molar-refractivity contribution in [2.45, 2.75) is 6.92 Å². The molecule has 0 atom stereocenters. The summed E-state index contributed by atoms with van der Waals surface area (Å²) in [4.78, 5) is 13.2. The third kappa shape index (κ3) is 3.36. The normalized spacial score (nSPS) is 10.7. The molecule has 23 heavy (non-hydrogen) atoms. The minimum Gasteiger partial charge on any atom is -0.491 e. The van der Waals surface area contributed by atoms with Crippen molar-refractivity contribution in [2.75, 3.05) is 18.5 Å². The summed E-state index contributed by atoms with van der Waals surface area (Å²) in [5.74, 6) is 0.558. The molecule has 1 amide bonds. The molecule has 0 bridgehead atoms. The van der Waals surface area contributed by atoms with Crippen molar-refractivity contribution in [3.05, 3.63) is 59.0 Å². The fraction of sp³-hybridized carbons (Fsp3) is 0.167. The first-order valence-electron chi connectivity index (χ1n) is 7.32. The predicted molar refractivity (Wildman–Crippen MR) is 93.5 cm³/mol. The van der Waals surface area contributed by atoms with E-state index in [1.807, 2.05) is 31.2 Å². The fourth-order valence-electron chi connectivity index (χ4n) is 2.38. The summed E-state index contributed by atoms with van der Waals surface area (Å²) < 4.78 is 6.41. The zero-order chi connectivity index (χ0) is 16.2. The third-order valence-corrected chi connectivity index (χ3v) is 4.79. The van der Waals surface area contributed by atoms with Crippen LogP contribution in [-0.4, -0.2) is 24.2 Å². The van der Waals surface area contributed by atoms with Gasteiger partial charge in [0.1, 0.15) is 12.4 Å². The van der Waals surface area contributed by atoms with Crippen LogP contribution in [-0.2, 0) is 0 Å². The van der Waals surface area contributed by atoms with E-state index in [0.29, 0.717) is 11.4 Å². The van der Waals surface area contributed by atoms with E-state index in [2.05, 4.69) is 5.32 Å². The van der Waals surface area contributed by atoms with E-state index in [9.17, 15) is 4.79 Å². The highest BCUT2D eigenvalue weighted by atomic mass is 32.1. The van der Waals surface area contributed by atoms with Crippen LogP contribution in [0.15, 0.2) is 48.5 Å². The van der Waals surface area contributed by atoms with Crippen LogP contribution in [0, 0.1) is 6.92 Å². The predicted octanol–water partition coefficient (Wildman–Crippen LogP) is 3.83. The number of thiophene rings is 1. The molecule has 0 spiro atoms. The van der Waals surface area contributed by atoms with E-state index >= 15 is 0 Å². The van der Waals surface area contributed by atoms with Gasteiger partial charge in [-0.1, -0.05) is 18.2 Å². The van der Waals surface area contributed by atoms with Crippen LogP contribution in [0.25, 0.3) is 10.1 Å². The first-order chi connectivity index (χ1) is 11.2. The Hall–Kier alpha value is -2.37. The summed E-state index contributed by atoms with van der Waals surface area (Å²) >= 11 is 1.50. The summed E-state index contributed by atoms with van der Waals surface area (Å²) in [6.07, 6.45) is 0. The molecule has 0 aliphatic heterocycles. The summed E-state index contributed by atoms with van der Waals surface area (Å²) in [6, 6.07) is 15.1. The molecule has 0 saturated carbocycles. The Kier molecular flexibility index (Phi) is 4.60. The van der Waals surface area contributed by atoms with E-state index < -0.39 is 0 Å². The second-order valence-electron chi connectivity index (χ2n) is 5.10. The van der Waals surface area contributed by atoms with Crippen molar-refractivity contribution < 1.29 is 14.6 Å².